The van der Waals surface area contributed by atoms with E-state index in [9.17, 15) is 60.9 Å². The summed E-state index contributed by atoms with van der Waals surface area (Å²) < 4.78 is 171. The quantitative estimate of drug-likeness (QED) is 0.313. The van der Waals surface area contributed by atoms with Gasteiger partial charge in [0.25, 0.3) is 10.0 Å². The van der Waals surface area contributed by atoms with E-state index < -0.39 is 60.4 Å². The fourth-order valence-corrected chi connectivity index (χ4v) is 3.39. The number of rotatable bonds is 7. The predicted octanol–water partition coefficient (Wildman–Crippen LogP) is -0.560. The van der Waals surface area contributed by atoms with Crippen LogP contribution in [0.4, 0.5) is 39.5 Å². The predicted molar refractivity (Wildman–Crippen MR) is 71.1 cm³/mol. The van der Waals surface area contributed by atoms with Gasteiger partial charge >= 0.3 is 52.8 Å². The van der Waals surface area contributed by atoms with E-state index in [1.165, 1.54) is 0 Å². The molecule has 6 nitrogen and oxygen atoms in total. The summed E-state index contributed by atoms with van der Waals surface area (Å²) in [7, 11) is -12.2. The zero-order valence-electron chi connectivity index (χ0n) is 13.8. The van der Waals surface area contributed by atoms with E-state index >= 15 is 0 Å². The van der Waals surface area contributed by atoms with Crippen LogP contribution in [0, 0.1) is 0 Å². The number of alkyl halides is 9. The maximum Gasteiger partial charge on any atom is 1.00 e. The SMILES string of the molecule is O=S(=O)([O-])c1ccccc1CNS(=O)(=O)C(F)(F)C(F)(F)C(F)(F)C(F)(F)F.[Na+]. The van der Waals surface area contributed by atoms with Gasteiger partial charge in [-0.2, -0.15) is 39.5 Å². The van der Waals surface area contributed by atoms with Crippen molar-refractivity contribution in [2.75, 3.05) is 0 Å². The van der Waals surface area contributed by atoms with Crippen LogP contribution in [0.15, 0.2) is 29.2 Å². The van der Waals surface area contributed by atoms with Gasteiger partial charge < -0.3 is 4.55 Å². The standard InChI is InChI=1S/C11H8F9NO5S2.Na/c12-8(13,10(16,17)18)9(14,15)11(19,20)28(25,26)21-5-6-3-1-2-4-7(6)27(22,23)24;/h1-4,21H,5H2,(H,22,23,24);/q;+1/p-1. The smallest absolute Gasteiger partial charge is 0.744 e. The molecule has 0 aliphatic carbocycles. The first-order valence-electron chi connectivity index (χ1n) is 6.43. The third-order valence-electron chi connectivity index (χ3n) is 3.15. The van der Waals surface area contributed by atoms with Crippen LogP contribution in [0.5, 0.6) is 0 Å². The average molecular weight is 491 g/mol. The number of sulfonamides is 1. The molecule has 0 amide bonds. The molecule has 162 valence electrons. The van der Waals surface area contributed by atoms with Gasteiger partial charge in [0, 0.05) is 6.54 Å². The van der Waals surface area contributed by atoms with Crippen molar-refractivity contribution >= 4 is 20.1 Å². The Morgan fingerprint density at radius 2 is 1.28 bits per heavy atom. The summed E-state index contributed by atoms with van der Waals surface area (Å²) in [6.07, 6.45) is -7.22. The van der Waals surface area contributed by atoms with Gasteiger partial charge in [-0.05, 0) is 11.6 Å². The Balaban J connectivity index is 0.00000784. The summed E-state index contributed by atoms with van der Waals surface area (Å²) >= 11 is 0. The van der Waals surface area contributed by atoms with Gasteiger partial charge in [0.1, 0.15) is 10.1 Å². The summed E-state index contributed by atoms with van der Waals surface area (Å²) in [5.41, 5.74) is -0.859. The minimum atomic E-state index is -7.44. The van der Waals surface area contributed by atoms with Crippen molar-refractivity contribution in [3.63, 3.8) is 0 Å². The Bertz CT molecular complexity index is 948. The van der Waals surface area contributed by atoms with Crippen molar-refractivity contribution < 1.29 is 90.5 Å². The fourth-order valence-electron chi connectivity index (χ4n) is 1.69. The minimum Gasteiger partial charge on any atom is -0.744 e. The van der Waals surface area contributed by atoms with Crippen LogP contribution < -0.4 is 34.3 Å². The van der Waals surface area contributed by atoms with Gasteiger partial charge in [0.05, 0.1) is 4.90 Å². The molecule has 0 unspecified atom stereocenters. The molecule has 0 heterocycles. The van der Waals surface area contributed by atoms with Crippen LogP contribution in [-0.2, 0) is 26.7 Å². The van der Waals surface area contributed by atoms with Crippen molar-refractivity contribution in [1.82, 2.24) is 4.72 Å². The van der Waals surface area contributed by atoms with Crippen LogP contribution in [0.1, 0.15) is 5.56 Å². The number of benzene rings is 1. The summed E-state index contributed by atoms with van der Waals surface area (Å²) in [6.45, 7) is -1.61. The minimum absolute atomic E-state index is 0. The molecule has 29 heavy (non-hydrogen) atoms. The summed E-state index contributed by atoms with van der Waals surface area (Å²) in [5, 5.41) is -6.98. The molecule has 0 aromatic heterocycles. The second kappa shape index (κ2) is 8.51. The molecular weight excluding hydrogens is 484 g/mol. The van der Waals surface area contributed by atoms with Crippen molar-refractivity contribution in [2.45, 2.75) is 34.7 Å². The Hall–Kier alpha value is -0.590. The van der Waals surface area contributed by atoms with E-state index in [-0.39, 0.29) is 29.6 Å². The Morgan fingerprint density at radius 1 is 0.828 bits per heavy atom. The van der Waals surface area contributed by atoms with Gasteiger partial charge in [-0.1, -0.05) is 18.2 Å². The fraction of sp³-hybridized carbons (Fsp3) is 0.455. The van der Waals surface area contributed by atoms with Gasteiger partial charge in [-0.15, -0.1) is 0 Å². The molecule has 18 heteroatoms. The molecular formula is C11H7F9NNaO5S2. The second-order valence-electron chi connectivity index (χ2n) is 5.05. The number of nitrogens with one attached hydrogen (secondary N) is 1. The first-order valence-corrected chi connectivity index (χ1v) is 9.32. The van der Waals surface area contributed by atoms with E-state index in [1.807, 2.05) is 0 Å². The third kappa shape index (κ3) is 5.19. The van der Waals surface area contributed by atoms with E-state index in [4.69, 9.17) is 0 Å². The first kappa shape index (κ1) is 28.4. The van der Waals surface area contributed by atoms with Crippen molar-refractivity contribution in [3.8, 4) is 0 Å². The van der Waals surface area contributed by atoms with Crippen molar-refractivity contribution in [1.29, 1.82) is 0 Å². The summed E-state index contributed by atoms with van der Waals surface area (Å²) in [4.78, 5) is -1.17. The van der Waals surface area contributed by atoms with Crippen molar-refractivity contribution in [2.24, 2.45) is 0 Å². The van der Waals surface area contributed by atoms with Gasteiger partial charge in [0.15, 0.2) is 0 Å². The van der Waals surface area contributed by atoms with Gasteiger partial charge in [-0.3, -0.25) is 0 Å². The molecule has 1 aromatic rings. The number of hydrogen-bond acceptors (Lipinski definition) is 5. The Labute approximate surface area is 179 Å². The molecule has 1 N–H and O–H groups in total. The molecule has 0 fully saturated rings. The third-order valence-corrected chi connectivity index (χ3v) is 5.54. The van der Waals surface area contributed by atoms with Crippen molar-refractivity contribution in [3.05, 3.63) is 29.8 Å². The molecule has 1 rings (SSSR count). The zero-order chi connectivity index (χ0) is 22.4. The van der Waals surface area contributed by atoms with Gasteiger partial charge in [-0.25, -0.2) is 21.6 Å². The first-order chi connectivity index (χ1) is 12.2. The Kier molecular flexibility index (Phi) is 8.33. The molecule has 0 aliphatic rings. The second-order valence-corrected chi connectivity index (χ2v) is 8.21. The topological polar surface area (TPSA) is 103 Å². The molecule has 0 aliphatic heterocycles. The molecule has 0 radical (unpaired) electrons. The van der Waals surface area contributed by atoms with Crippen LogP contribution in [-0.4, -0.2) is 44.7 Å². The molecule has 0 spiro atoms. The van der Waals surface area contributed by atoms with E-state index in [2.05, 4.69) is 0 Å². The average Bonchev–Trinajstić information content (AvgIpc) is 2.50. The van der Waals surface area contributed by atoms with Crippen LogP contribution in [0.25, 0.3) is 0 Å². The van der Waals surface area contributed by atoms with Crippen LogP contribution in [0.3, 0.4) is 0 Å². The molecule has 1 aromatic carbocycles. The largest absolute Gasteiger partial charge is 1.00 e. The number of halogens is 9. The molecule has 0 atom stereocenters. The molecule has 0 bridgehead atoms. The monoisotopic (exact) mass is 491 g/mol. The molecule has 0 saturated carbocycles. The van der Waals surface area contributed by atoms with E-state index in [0.29, 0.717) is 16.9 Å². The zero-order valence-corrected chi connectivity index (χ0v) is 17.4. The maximum atomic E-state index is 13.5. The normalized spacial score (nSPS) is 14.4. The van der Waals surface area contributed by atoms with Crippen LogP contribution in [0.2, 0.25) is 0 Å². The molecule has 0 saturated heterocycles. The summed E-state index contributed by atoms with van der Waals surface area (Å²) in [6, 6.07) is 3.16. The van der Waals surface area contributed by atoms with E-state index in [1.54, 1.807) is 0 Å². The van der Waals surface area contributed by atoms with Crippen LogP contribution >= 0.6 is 0 Å². The van der Waals surface area contributed by atoms with E-state index in [0.717, 1.165) is 12.1 Å². The number of hydrogen-bond donors (Lipinski definition) is 1. The summed E-state index contributed by atoms with van der Waals surface area (Å²) in [5.74, 6) is -14.9. The van der Waals surface area contributed by atoms with Gasteiger partial charge in [0.2, 0.25) is 0 Å². The Morgan fingerprint density at radius 3 is 1.69 bits per heavy atom. The maximum absolute atomic E-state index is 13.5.